The molecule has 0 amide bonds. The number of aryl methyl sites for hydroxylation is 1. The minimum atomic E-state index is -0.448. The molecule has 1 heterocycles. The van der Waals surface area contributed by atoms with Crippen LogP contribution >= 0.6 is 0 Å². The first kappa shape index (κ1) is 12.8. The van der Waals surface area contributed by atoms with Crippen LogP contribution in [-0.4, -0.2) is 32.1 Å². The lowest BCUT2D eigenvalue weighted by Gasteiger charge is -2.19. The smallest absolute Gasteiger partial charge is 0.346 e. The van der Waals surface area contributed by atoms with Gasteiger partial charge in [-0.2, -0.15) is 0 Å². The van der Waals surface area contributed by atoms with E-state index in [2.05, 4.69) is 10.4 Å². The maximum Gasteiger partial charge on any atom is 0.346 e. The molecule has 2 rings (SSSR count). The number of anilines is 1. The Labute approximate surface area is 104 Å². The summed E-state index contributed by atoms with van der Waals surface area (Å²) in [5, 5.41) is 16.2. The van der Waals surface area contributed by atoms with Crippen LogP contribution in [0.5, 0.6) is 0 Å². The summed E-state index contributed by atoms with van der Waals surface area (Å²) >= 11 is 0. The van der Waals surface area contributed by atoms with Gasteiger partial charge in [0.15, 0.2) is 0 Å². The predicted molar refractivity (Wildman–Crippen MR) is 66.6 cm³/mol. The lowest BCUT2D eigenvalue weighted by atomic mass is 10.1. The molecule has 1 aliphatic carbocycles. The fourth-order valence-electron chi connectivity index (χ4n) is 2.41. The largest absolute Gasteiger partial charge is 0.396 e. The van der Waals surface area contributed by atoms with Gasteiger partial charge in [0.05, 0.1) is 0 Å². The van der Waals surface area contributed by atoms with Gasteiger partial charge in [0, 0.05) is 32.7 Å². The predicted octanol–water partition coefficient (Wildman–Crippen LogP) is -0.948. The van der Waals surface area contributed by atoms with Crippen LogP contribution in [0, 0.1) is 5.92 Å². The van der Waals surface area contributed by atoms with Crippen LogP contribution in [0.1, 0.15) is 19.3 Å². The van der Waals surface area contributed by atoms with Crippen LogP contribution in [0.2, 0.25) is 0 Å². The standard InChI is InChI=1S/C11H18N4O3/c1-14-10(17)9(13-15(2)11(14)18)12-8-5-3-4-7(8)6-16/h7-8,16H,3-6H2,1-2H3,(H,12,13). The lowest BCUT2D eigenvalue weighted by Crippen LogP contribution is -2.41. The number of aliphatic hydroxyl groups excluding tert-OH is 1. The van der Waals surface area contributed by atoms with Crippen molar-refractivity contribution in [1.29, 1.82) is 0 Å². The van der Waals surface area contributed by atoms with Crippen LogP contribution in [-0.2, 0) is 14.1 Å². The molecule has 1 fully saturated rings. The zero-order chi connectivity index (χ0) is 13.3. The highest BCUT2D eigenvalue weighted by Gasteiger charge is 2.27. The minimum Gasteiger partial charge on any atom is -0.396 e. The van der Waals surface area contributed by atoms with Gasteiger partial charge in [-0.1, -0.05) is 6.42 Å². The first-order valence-corrected chi connectivity index (χ1v) is 6.06. The van der Waals surface area contributed by atoms with E-state index >= 15 is 0 Å². The normalized spacial score (nSPS) is 23.3. The molecule has 0 saturated heterocycles. The summed E-state index contributed by atoms with van der Waals surface area (Å²) in [5.41, 5.74) is -0.877. The van der Waals surface area contributed by atoms with Gasteiger partial charge in [-0.05, 0) is 12.8 Å². The summed E-state index contributed by atoms with van der Waals surface area (Å²) in [6.45, 7) is 0.101. The average Bonchev–Trinajstić information content (AvgIpc) is 2.80. The Balaban J connectivity index is 2.30. The van der Waals surface area contributed by atoms with E-state index in [1.165, 1.54) is 14.1 Å². The molecule has 1 aliphatic rings. The first-order chi connectivity index (χ1) is 8.54. The molecule has 2 unspecified atom stereocenters. The van der Waals surface area contributed by atoms with E-state index < -0.39 is 11.2 Å². The van der Waals surface area contributed by atoms with Crippen LogP contribution in [0.4, 0.5) is 5.82 Å². The second-order valence-electron chi connectivity index (χ2n) is 4.74. The average molecular weight is 254 g/mol. The summed E-state index contributed by atoms with van der Waals surface area (Å²) < 4.78 is 2.16. The molecule has 0 aliphatic heterocycles. The van der Waals surface area contributed by atoms with Crippen molar-refractivity contribution in [3.8, 4) is 0 Å². The van der Waals surface area contributed by atoms with E-state index in [0.717, 1.165) is 28.5 Å². The second-order valence-corrected chi connectivity index (χ2v) is 4.74. The third-order valence-electron chi connectivity index (χ3n) is 3.54. The highest BCUT2D eigenvalue weighted by molar-refractivity contribution is 5.31. The topological polar surface area (TPSA) is 89.2 Å². The van der Waals surface area contributed by atoms with Gasteiger partial charge in [0.1, 0.15) is 0 Å². The number of nitrogens with one attached hydrogen (secondary N) is 1. The molecule has 1 aromatic heterocycles. The molecular weight excluding hydrogens is 236 g/mol. The lowest BCUT2D eigenvalue weighted by molar-refractivity contribution is 0.222. The maximum absolute atomic E-state index is 11.9. The van der Waals surface area contributed by atoms with E-state index in [9.17, 15) is 14.7 Å². The molecule has 7 heteroatoms. The maximum atomic E-state index is 11.9. The molecule has 2 N–H and O–H groups in total. The summed E-state index contributed by atoms with van der Waals surface area (Å²) in [6.07, 6.45) is 2.87. The van der Waals surface area contributed by atoms with Gasteiger partial charge in [-0.25, -0.2) is 9.48 Å². The zero-order valence-electron chi connectivity index (χ0n) is 10.6. The second kappa shape index (κ2) is 4.93. The van der Waals surface area contributed by atoms with Gasteiger partial charge < -0.3 is 10.4 Å². The quantitative estimate of drug-likeness (QED) is 0.726. The molecule has 2 atom stereocenters. The summed E-state index contributed by atoms with van der Waals surface area (Å²) in [7, 11) is 2.93. The molecular formula is C11H18N4O3. The summed E-state index contributed by atoms with van der Waals surface area (Å²) in [6, 6.07) is 0.0488. The number of nitrogens with zero attached hydrogens (tertiary/aromatic N) is 3. The molecule has 0 bridgehead atoms. The van der Waals surface area contributed by atoms with Gasteiger partial charge in [0.25, 0.3) is 5.56 Å². The number of hydrogen-bond donors (Lipinski definition) is 2. The molecule has 18 heavy (non-hydrogen) atoms. The van der Waals surface area contributed by atoms with E-state index in [1.54, 1.807) is 0 Å². The van der Waals surface area contributed by atoms with Gasteiger partial charge in [-0.15, -0.1) is 5.10 Å². The SMILES string of the molecule is Cn1nc(NC2CCCC2CO)c(=O)n(C)c1=O. The van der Waals surface area contributed by atoms with Crippen LogP contribution in [0.15, 0.2) is 9.59 Å². The fourth-order valence-corrected chi connectivity index (χ4v) is 2.41. The van der Waals surface area contributed by atoms with Crippen LogP contribution in [0.25, 0.3) is 0 Å². The zero-order valence-corrected chi connectivity index (χ0v) is 10.6. The third kappa shape index (κ3) is 2.17. The highest BCUT2D eigenvalue weighted by Crippen LogP contribution is 2.26. The number of rotatable bonds is 3. The van der Waals surface area contributed by atoms with Gasteiger partial charge in [-0.3, -0.25) is 9.36 Å². The van der Waals surface area contributed by atoms with Crippen molar-refractivity contribution in [2.45, 2.75) is 25.3 Å². The molecule has 0 radical (unpaired) electrons. The van der Waals surface area contributed by atoms with E-state index in [4.69, 9.17) is 0 Å². The first-order valence-electron chi connectivity index (χ1n) is 6.06. The minimum absolute atomic E-state index is 0.0488. The van der Waals surface area contributed by atoms with Gasteiger partial charge >= 0.3 is 5.69 Å². The molecule has 0 aromatic carbocycles. The Kier molecular flexibility index (Phi) is 3.51. The van der Waals surface area contributed by atoms with Crippen molar-refractivity contribution in [3.63, 3.8) is 0 Å². The fraction of sp³-hybridized carbons (Fsp3) is 0.727. The van der Waals surface area contributed by atoms with Crippen molar-refractivity contribution in [1.82, 2.24) is 14.3 Å². The molecule has 0 spiro atoms. The van der Waals surface area contributed by atoms with E-state index in [1.807, 2.05) is 0 Å². The Hall–Kier alpha value is -1.63. The van der Waals surface area contributed by atoms with Crippen molar-refractivity contribution in [3.05, 3.63) is 20.8 Å². The Morgan fingerprint density at radius 2 is 2.11 bits per heavy atom. The molecule has 100 valence electrons. The van der Waals surface area contributed by atoms with Crippen molar-refractivity contribution in [2.24, 2.45) is 20.0 Å². The van der Waals surface area contributed by atoms with E-state index in [0.29, 0.717) is 0 Å². The van der Waals surface area contributed by atoms with Crippen LogP contribution < -0.4 is 16.6 Å². The molecule has 1 saturated carbocycles. The van der Waals surface area contributed by atoms with Gasteiger partial charge in [0.2, 0.25) is 5.82 Å². The van der Waals surface area contributed by atoms with Crippen molar-refractivity contribution >= 4 is 5.82 Å². The Morgan fingerprint density at radius 1 is 1.39 bits per heavy atom. The molecule has 1 aromatic rings. The molecule has 7 nitrogen and oxygen atoms in total. The third-order valence-corrected chi connectivity index (χ3v) is 3.54. The van der Waals surface area contributed by atoms with Crippen molar-refractivity contribution in [2.75, 3.05) is 11.9 Å². The monoisotopic (exact) mass is 254 g/mol. The summed E-state index contributed by atoms with van der Waals surface area (Å²) in [5.74, 6) is 0.318. The Bertz CT molecular complexity index is 548. The highest BCUT2D eigenvalue weighted by atomic mass is 16.3. The Morgan fingerprint density at radius 3 is 2.78 bits per heavy atom. The number of hydrogen-bond acceptors (Lipinski definition) is 5. The van der Waals surface area contributed by atoms with E-state index in [-0.39, 0.29) is 24.4 Å². The summed E-state index contributed by atoms with van der Waals surface area (Å²) in [4.78, 5) is 23.4. The van der Waals surface area contributed by atoms with Crippen LogP contribution in [0.3, 0.4) is 0 Å². The van der Waals surface area contributed by atoms with Crippen molar-refractivity contribution < 1.29 is 5.11 Å². The number of aromatic nitrogens is 3. The number of aliphatic hydroxyl groups is 1.